The van der Waals surface area contributed by atoms with E-state index in [1.165, 1.54) is 6.07 Å². The Labute approximate surface area is 112 Å². The van der Waals surface area contributed by atoms with E-state index in [4.69, 9.17) is 5.73 Å². The number of hydrogen-bond donors (Lipinski definition) is 2. The lowest BCUT2D eigenvalue weighted by Gasteiger charge is -2.18. The molecule has 102 valence electrons. The zero-order valence-corrected chi connectivity index (χ0v) is 11.3. The summed E-state index contributed by atoms with van der Waals surface area (Å²) in [6, 6.07) is 6.38. The summed E-state index contributed by atoms with van der Waals surface area (Å²) in [5.74, 6) is 0. The van der Waals surface area contributed by atoms with Crippen molar-refractivity contribution in [1.29, 1.82) is 0 Å². The second kappa shape index (κ2) is 5.41. The molecule has 1 atom stereocenters. The molecule has 0 aliphatic heterocycles. The Bertz CT molecular complexity index is 638. The SMILES string of the molecule is CCC(NS(=O)(=O)c1ccccc1N)n1ccnc1. The van der Waals surface area contributed by atoms with Crippen LogP contribution < -0.4 is 10.5 Å². The van der Waals surface area contributed by atoms with Gasteiger partial charge in [0.1, 0.15) is 4.90 Å². The van der Waals surface area contributed by atoms with Gasteiger partial charge in [0.05, 0.1) is 18.2 Å². The van der Waals surface area contributed by atoms with E-state index in [0.717, 1.165) is 0 Å². The normalized spacial score (nSPS) is 13.3. The fraction of sp³-hybridized carbons (Fsp3) is 0.250. The number of aromatic nitrogens is 2. The number of nitrogen functional groups attached to an aromatic ring is 1. The molecule has 7 heteroatoms. The number of sulfonamides is 1. The van der Waals surface area contributed by atoms with Gasteiger partial charge < -0.3 is 10.3 Å². The molecular formula is C12H16N4O2S. The number of para-hydroxylation sites is 1. The Kier molecular flexibility index (Phi) is 3.87. The zero-order chi connectivity index (χ0) is 13.9. The molecule has 0 aliphatic carbocycles. The maximum absolute atomic E-state index is 12.3. The maximum Gasteiger partial charge on any atom is 0.244 e. The van der Waals surface area contributed by atoms with E-state index >= 15 is 0 Å². The molecule has 0 radical (unpaired) electrons. The molecule has 0 aliphatic rings. The summed E-state index contributed by atoms with van der Waals surface area (Å²) in [7, 11) is -3.65. The maximum atomic E-state index is 12.3. The van der Waals surface area contributed by atoms with Gasteiger partial charge >= 0.3 is 0 Å². The number of anilines is 1. The van der Waals surface area contributed by atoms with Crippen LogP contribution >= 0.6 is 0 Å². The Morgan fingerprint density at radius 3 is 2.74 bits per heavy atom. The second-order valence-corrected chi connectivity index (χ2v) is 5.78. The van der Waals surface area contributed by atoms with E-state index in [1.807, 2.05) is 6.92 Å². The van der Waals surface area contributed by atoms with Crippen LogP contribution in [-0.4, -0.2) is 18.0 Å². The number of imidazole rings is 1. The standard InChI is InChI=1S/C12H16N4O2S/c1-2-12(16-8-7-14-9-16)15-19(17,18)11-6-4-3-5-10(11)13/h3-9,12,15H,2,13H2,1H3. The van der Waals surface area contributed by atoms with Crippen molar-refractivity contribution in [1.82, 2.24) is 14.3 Å². The van der Waals surface area contributed by atoms with Gasteiger partial charge in [-0.3, -0.25) is 0 Å². The quantitative estimate of drug-likeness (QED) is 0.809. The van der Waals surface area contributed by atoms with Crippen LogP contribution in [0.1, 0.15) is 19.5 Å². The van der Waals surface area contributed by atoms with Crippen molar-refractivity contribution in [3.8, 4) is 0 Å². The molecular weight excluding hydrogens is 264 g/mol. The van der Waals surface area contributed by atoms with Gasteiger partial charge in [0.25, 0.3) is 0 Å². The summed E-state index contributed by atoms with van der Waals surface area (Å²) < 4.78 is 28.9. The van der Waals surface area contributed by atoms with Crippen LogP contribution in [-0.2, 0) is 10.0 Å². The molecule has 1 heterocycles. The second-order valence-electron chi connectivity index (χ2n) is 4.09. The first-order chi connectivity index (χ1) is 9.04. The van der Waals surface area contributed by atoms with Crippen molar-refractivity contribution in [2.24, 2.45) is 0 Å². The highest BCUT2D eigenvalue weighted by molar-refractivity contribution is 7.89. The lowest BCUT2D eigenvalue weighted by Crippen LogP contribution is -2.32. The fourth-order valence-corrected chi connectivity index (χ4v) is 3.19. The van der Waals surface area contributed by atoms with Crippen molar-refractivity contribution >= 4 is 15.7 Å². The van der Waals surface area contributed by atoms with Crippen molar-refractivity contribution in [3.05, 3.63) is 43.0 Å². The molecule has 0 spiro atoms. The van der Waals surface area contributed by atoms with Gasteiger partial charge in [-0.25, -0.2) is 13.4 Å². The van der Waals surface area contributed by atoms with E-state index in [1.54, 1.807) is 41.5 Å². The molecule has 1 aromatic heterocycles. The van der Waals surface area contributed by atoms with Crippen LogP contribution in [0.5, 0.6) is 0 Å². The molecule has 1 aromatic carbocycles. The van der Waals surface area contributed by atoms with Crippen molar-refractivity contribution in [2.45, 2.75) is 24.4 Å². The van der Waals surface area contributed by atoms with Crippen LogP contribution in [0.15, 0.2) is 47.9 Å². The van der Waals surface area contributed by atoms with E-state index < -0.39 is 10.0 Å². The summed E-state index contributed by atoms with van der Waals surface area (Å²) in [6.07, 6.45) is 5.11. The topological polar surface area (TPSA) is 90.0 Å². The van der Waals surface area contributed by atoms with Crippen molar-refractivity contribution < 1.29 is 8.42 Å². The number of benzene rings is 1. The highest BCUT2D eigenvalue weighted by Gasteiger charge is 2.21. The molecule has 19 heavy (non-hydrogen) atoms. The number of hydrogen-bond acceptors (Lipinski definition) is 4. The summed E-state index contributed by atoms with van der Waals surface area (Å²) in [5, 5.41) is 0. The molecule has 0 saturated heterocycles. The summed E-state index contributed by atoms with van der Waals surface area (Å²) >= 11 is 0. The van der Waals surface area contributed by atoms with Crippen LogP contribution in [0.25, 0.3) is 0 Å². The molecule has 3 N–H and O–H groups in total. The van der Waals surface area contributed by atoms with Gasteiger partial charge in [0, 0.05) is 12.4 Å². The third-order valence-corrected chi connectivity index (χ3v) is 4.30. The first-order valence-corrected chi connectivity index (χ1v) is 7.37. The van der Waals surface area contributed by atoms with Gasteiger partial charge in [-0.1, -0.05) is 19.1 Å². The molecule has 6 nitrogen and oxygen atoms in total. The van der Waals surface area contributed by atoms with Crippen LogP contribution in [0.2, 0.25) is 0 Å². The van der Waals surface area contributed by atoms with Crippen LogP contribution in [0.3, 0.4) is 0 Å². The van der Waals surface area contributed by atoms with E-state index in [9.17, 15) is 8.42 Å². The Morgan fingerprint density at radius 1 is 1.42 bits per heavy atom. The predicted molar refractivity (Wildman–Crippen MR) is 72.7 cm³/mol. The number of rotatable bonds is 5. The number of nitrogens with one attached hydrogen (secondary N) is 1. The molecule has 1 unspecified atom stereocenters. The highest BCUT2D eigenvalue weighted by Crippen LogP contribution is 2.19. The van der Waals surface area contributed by atoms with E-state index in [-0.39, 0.29) is 16.7 Å². The van der Waals surface area contributed by atoms with Crippen LogP contribution in [0.4, 0.5) is 5.69 Å². The first-order valence-electron chi connectivity index (χ1n) is 5.89. The molecule has 0 saturated carbocycles. The Balaban J connectivity index is 2.29. The minimum absolute atomic E-state index is 0.0913. The molecule has 0 fully saturated rings. The highest BCUT2D eigenvalue weighted by atomic mass is 32.2. The fourth-order valence-electron chi connectivity index (χ4n) is 1.78. The largest absolute Gasteiger partial charge is 0.398 e. The predicted octanol–water partition coefficient (Wildman–Crippen LogP) is 1.35. The summed E-state index contributed by atoms with van der Waals surface area (Å²) in [6.45, 7) is 1.89. The molecule has 2 rings (SSSR count). The molecule has 0 amide bonds. The van der Waals surface area contributed by atoms with Crippen molar-refractivity contribution in [2.75, 3.05) is 5.73 Å². The van der Waals surface area contributed by atoms with Gasteiger partial charge in [-0.15, -0.1) is 0 Å². The zero-order valence-electron chi connectivity index (χ0n) is 10.5. The number of nitrogens with zero attached hydrogens (tertiary/aromatic N) is 2. The monoisotopic (exact) mass is 280 g/mol. The first kappa shape index (κ1) is 13.6. The minimum Gasteiger partial charge on any atom is -0.398 e. The van der Waals surface area contributed by atoms with Crippen molar-refractivity contribution in [3.63, 3.8) is 0 Å². The Hall–Kier alpha value is -1.86. The van der Waals surface area contributed by atoms with Crippen LogP contribution in [0, 0.1) is 0 Å². The molecule has 2 aromatic rings. The van der Waals surface area contributed by atoms with E-state index in [2.05, 4.69) is 9.71 Å². The van der Waals surface area contributed by atoms with Gasteiger partial charge in [0.2, 0.25) is 10.0 Å². The Morgan fingerprint density at radius 2 is 2.16 bits per heavy atom. The van der Waals surface area contributed by atoms with Gasteiger partial charge in [-0.2, -0.15) is 4.72 Å². The smallest absolute Gasteiger partial charge is 0.244 e. The average Bonchev–Trinajstić information content (AvgIpc) is 2.90. The van der Waals surface area contributed by atoms with Gasteiger partial charge in [0.15, 0.2) is 0 Å². The lowest BCUT2D eigenvalue weighted by molar-refractivity contribution is 0.448. The van der Waals surface area contributed by atoms with Gasteiger partial charge in [-0.05, 0) is 18.6 Å². The molecule has 0 bridgehead atoms. The summed E-state index contributed by atoms with van der Waals surface area (Å²) in [4.78, 5) is 4.01. The average molecular weight is 280 g/mol. The third-order valence-electron chi connectivity index (χ3n) is 2.77. The number of nitrogens with two attached hydrogens (primary N) is 1. The summed E-state index contributed by atoms with van der Waals surface area (Å²) in [5.41, 5.74) is 5.94. The minimum atomic E-state index is -3.65. The third kappa shape index (κ3) is 2.94. The lowest BCUT2D eigenvalue weighted by atomic mass is 10.3. The van der Waals surface area contributed by atoms with E-state index in [0.29, 0.717) is 6.42 Å².